The van der Waals surface area contributed by atoms with Gasteiger partial charge in [0, 0.05) is 44.8 Å². The van der Waals surface area contributed by atoms with Gasteiger partial charge >= 0.3 is 0 Å². The van der Waals surface area contributed by atoms with E-state index in [1.807, 2.05) is 0 Å². The highest BCUT2D eigenvalue weighted by Crippen LogP contribution is 2.08. The van der Waals surface area contributed by atoms with Gasteiger partial charge < -0.3 is 15.0 Å². The zero-order valence-electron chi connectivity index (χ0n) is 9.91. The van der Waals surface area contributed by atoms with E-state index in [1.54, 1.807) is 0 Å². The van der Waals surface area contributed by atoms with E-state index in [4.69, 9.17) is 4.74 Å². The minimum absolute atomic E-state index is 0.536. The average Bonchev–Trinajstić information content (AvgIpc) is 2.25. The lowest BCUT2D eigenvalue weighted by molar-refractivity contribution is 0.0433. The number of nitrogens with one attached hydrogen (secondary N) is 1. The summed E-state index contributed by atoms with van der Waals surface area (Å²) >= 11 is 0. The van der Waals surface area contributed by atoms with Crippen LogP contribution in [0.15, 0.2) is 0 Å². The normalized spacial score (nSPS) is 35.6. The largest absolute Gasteiger partial charge is 0.378 e. The third-order valence-corrected chi connectivity index (χ3v) is 3.52. The van der Waals surface area contributed by atoms with E-state index in [2.05, 4.69) is 29.1 Å². The average molecular weight is 213 g/mol. The Bertz CT molecular complexity index is 194. The molecule has 4 heteroatoms. The Balaban J connectivity index is 1.74. The molecule has 2 atom stereocenters. The molecular weight excluding hydrogens is 190 g/mol. The minimum Gasteiger partial charge on any atom is -0.378 e. The molecule has 0 aromatic heterocycles. The van der Waals surface area contributed by atoms with Gasteiger partial charge in [-0.15, -0.1) is 0 Å². The second kappa shape index (κ2) is 5.25. The number of ether oxygens (including phenoxy) is 1. The monoisotopic (exact) mass is 213 g/mol. The van der Waals surface area contributed by atoms with E-state index in [0.717, 1.165) is 26.3 Å². The highest BCUT2D eigenvalue weighted by Gasteiger charge is 2.23. The maximum Gasteiger partial charge on any atom is 0.0632 e. The number of piperazine rings is 1. The highest BCUT2D eigenvalue weighted by molar-refractivity contribution is 4.81. The fraction of sp³-hybridized carbons (Fsp3) is 1.00. The summed E-state index contributed by atoms with van der Waals surface area (Å²) in [5.74, 6) is 0. The van der Waals surface area contributed by atoms with Crippen LogP contribution in [0, 0.1) is 0 Å². The molecule has 0 radical (unpaired) electrons. The third-order valence-electron chi connectivity index (χ3n) is 3.52. The van der Waals surface area contributed by atoms with Crippen molar-refractivity contribution < 1.29 is 4.74 Å². The molecule has 0 saturated carbocycles. The first-order valence-corrected chi connectivity index (χ1v) is 5.99. The van der Waals surface area contributed by atoms with Gasteiger partial charge in [0.15, 0.2) is 0 Å². The Morgan fingerprint density at radius 2 is 2.27 bits per heavy atom. The van der Waals surface area contributed by atoms with E-state index >= 15 is 0 Å². The molecule has 88 valence electrons. The predicted octanol–water partition coefficient (Wildman–Crippen LogP) is -0.389. The van der Waals surface area contributed by atoms with Crippen molar-refractivity contribution in [2.75, 3.05) is 53.0 Å². The van der Waals surface area contributed by atoms with Crippen molar-refractivity contribution in [3.63, 3.8) is 0 Å². The quantitative estimate of drug-likeness (QED) is 0.676. The number of likely N-dealkylation sites (N-methyl/N-ethyl adjacent to an activating group) is 1. The van der Waals surface area contributed by atoms with Crippen LogP contribution in [0.3, 0.4) is 0 Å². The van der Waals surface area contributed by atoms with E-state index < -0.39 is 0 Å². The molecule has 0 aromatic carbocycles. The summed E-state index contributed by atoms with van der Waals surface area (Å²) < 4.78 is 5.47. The molecule has 2 rings (SSSR count). The first kappa shape index (κ1) is 11.3. The molecular formula is C11H23N3O. The van der Waals surface area contributed by atoms with Crippen molar-refractivity contribution >= 4 is 0 Å². The fourth-order valence-corrected chi connectivity index (χ4v) is 2.34. The van der Waals surface area contributed by atoms with Crippen LogP contribution in [0.1, 0.15) is 6.92 Å². The molecule has 2 saturated heterocycles. The van der Waals surface area contributed by atoms with E-state index in [0.29, 0.717) is 12.1 Å². The van der Waals surface area contributed by atoms with Gasteiger partial charge in [0.1, 0.15) is 0 Å². The van der Waals surface area contributed by atoms with E-state index in [1.165, 1.54) is 19.6 Å². The van der Waals surface area contributed by atoms with Gasteiger partial charge in [-0.2, -0.15) is 0 Å². The van der Waals surface area contributed by atoms with Crippen molar-refractivity contribution in [1.29, 1.82) is 0 Å². The van der Waals surface area contributed by atoms with Crippen LogP contribution < -0.4 is 5.32 Å². The number of morpholine rings is 1. The van der Waals surface area contributed by atoms with Gasteiger partial charge in [0.2, 0.25) is 0 Å². The maximum atomic E-state index is 5.47. The van der Waals surface area contributed by atoms with E-state index in [9.17, 15) is 0 Å². The van der Waals surface area contributed by atoms with Gasteiger partial charge in [-0.05, 0) is 14.0 Å². The lowest BCUT2D eigenvalue weighted by atomic mass is 10.1. The van der Waals surface area contributed by atoms with Gasteiger partial charge in [0.05, 0.1) is 13.2 Å². The topological polar surface area (TPSA) is 27.7 Å². The Morgan fingerprint density at radius 1 is 1.40 bits per heavy atom. The third kappa shape index (κ3) is 3.14. The van der Waals surface area contributed by atoms with Crippen molar-refractivity contribution in [3.8, 4) is 0 Å². The van der Waals surface area contributed by atoms with Gasteiger partial charge in [-0.1, -0.05) is 0 Å². The zero-order chi connectivity index (χ0) is 10.7. The molecule has 1 N–H and O–H groups in total. The van der Waals surface area contributed by atoms with Gasteiger partial charge in [-0.25, -0.2) is 0 Å². The van der Waals surface area contributed by atoms with Crippen LogP contribution in [-0.2, 0) is 4.74 Å². The fourth-order valence-electron chi connectivity index (χ4n) is 2.34. The van der Waals surface area contributed by atoms with Crippen LogP contribution in [0.25, 0.3) is 0 Å². The summed E-state index contributed by atoms with van der Waals surface area (Å²) in [6.45, 7) is 9.77. The molecule has 0 spiro atoms. The summed E-state index contributed by atoms with van der Waals surface area (Å²) in [6.07, 6.45) is 0. The molecule has 0 amide bonds. The van der Waals surface area contributed by atoms with E-state index in [-0.39, 0.29) is 0 Å². The Hall–Kier alpha value is -0.160. The lowest BCUT2D eigenvalue weighted by Gasteiger charge is -2.39. The zero-order valence-corrected chi connectivity index (χ0v) is 9.91. The number of hydrogen-bond acceptors (Lipinski definition) is 4. The molecule has 0 bridgehead atoms. The Morgan fingerprint density at radius 3 is 2.93 bits per heavy atom. The highest BCUT2D eigenvalue weighted by atomic mass is 16.5. The standard InChI is InChI=1S/C11H23N3O/c1-10-7-14(5-4-13(10)2)8-11-9-15-6-3-12-11/h10-12H,3-9H2,1-2H3. The first-order chi connectivity index (χ1) is 7.25. The molecule has 2 heterocycles. The van der Waals surface area contributed by atoms with Crippen molar-refractivity contribution in [1.82, 2.24) is 15.1 Å². The lowest BCUT2D eigenvalue weighted by Crippen LogP contribution is -2.55. The number of nitrogens with zero attached hydrogens (tertiary/aromatic N) is 2. The van der Waals surface area contributed by atoms with Crippen LogP contribution >= 0.6 is 0 Å². The molecule has 2 unspecified atom stereocenters. The van der Waals surface area contributed by atoms with Crippen LogP contribution in [0.2, 0.25) is 0 Å². The smallest absolute Gasteiger partial charge is 0.0632 e. The predicted molar refractivity (Wildman–Crippen MR) is 61.1 cm³/mol. The number of rotatable bonds is 2. The molecule has 2 fully saturated rings. The molecule has 2 aliphatic rings. The summed E-state index contributed by atoms with van der Waals surface area (Å²) in [5.41, 5.74) is 0. The molecule has 4 nitrogen and oxygen atoms in total. The minimum atomic E-state index is 0.536. The molecule has 0 aromatic rings. The summed E-state index contributed by atoms with van der Waals surface area (Å²) in [5, 5.41) is 3.51. The summed E-state index contributed by atoms with van der Waals surface area (Å²) in [4.78, 5) is 4.98. The van der Waals surface area contributed by atoms with Gasteiger partial charge in [-0.3, -0.25) is 4.90 Å². The maximum absolute atomic E-state index is 5.47. The Kier molecular flexibility index (Phi) is 3.97. The van der Waals surface area contributed by atoms with Crippen LogP contribution in [0.5, 0.6) is 0 Å². The molecule has 2 aliphatic heterocycles. The summed E-state index contributed by atoms with van der Waals surface area (Å²) in [6, 6.07) is 1.22. The molecule has 15 heavy (non-hydrogen) atoms. The van der Waals surface area contributed by atoms with Gasteiger partial charge in [0.25, 0.3) is 0 Å². The van der Waals surface area contributed by atoms with Crippen molar-refractivity contribution in [3.05, 3.63) is 0 Å². The van der Waals surface area contributed by atoms with Crippen LogP contribution in [0.4, 0.5) is 0 Å². The summed E-state index contributed by atoms with van der Waals surface area (Å²) in [7, 11) is 2.21. The molecule has 0 aliphatic carbocycles. The SMILES string of the molecule is CC1CN(CC2COCCN2)CCN1C. The Labute approximate surface area is 92.6 Å². The van der Waals surface area contributed by atoms with Crippen molar-refractivity contribution in [2.45, 2.75) is 19.0 Å². The second-order valence-electron chi connectivity index (χ2n) is 4.82. The second-order valence-corrected chi connectivity index (χ2v) is 4.82. The first-order valence-electron chi connectivity index (χ1n) is 5.99. The van der Waals surface area contributed by atoms with Crippen molar-refractivity contribution in [2.24, 2.45) is 0 Å². The number of hydrogen-bond donors (Lipinski definition) is 1. The van der Waals surface area contributed by atoms with Crippen LogP contribution in [-0.4, -0.2) is 74.9 Å².